The first kappa shape index (κ1) is 11.4. The molecule has 3 rings (SSSR count). The minimum atomic E-state index is 0.385. The van der Waals surface area contributed by atoms with Crippen molar-refractivity contribution in [2.45, 2.75) is 13.5 Å². The summed E-state index contributed by atoms with van der Waals surface area (Å²) in [6, 6.07) is 3.82. The van der Waals surface area contributed by atoms with Gasteiger partial charge in [-0.25, -0.2) is 0 Å². The summed E-state index contributed by atoms with van der Waals surface area (Å²) in [5, 5.41) is 7.99. The van der Waals surface area contributed by atoms with E-state index < -0.39 is 0 Å². The van der Waals surface area contributed by atoms with Crippen LogP contribution < -0.4 is 5.73 Å². The van der Waals surface area contributed by atoms with Crippen molar-refractivity contribution in [1.29, 1.82) is 0 Å². The SMILES string of the molecule is Cc1cccnc1-c1noc(Cn2cc(N)cn2)n1. The molecular weight excluding hydrogens is 244 g/mol. The van der Waals surface area contributed by atoms with Crippen LogP contribution in [0.4, 0.5) is 5.69 Å². The van der Waals surface area contributed by atoms with E-state index in [0.717, 1.165) is 11.3 Å². The highest BCUT2D eigenvalue weighted by molar-refractivity contribution is 5.53. The molecule has 19 heavy (non-hydrogen) atoms. The van der Waals surface area contributed by atoms with E-state index in [1.165, 1.54) is 0 Å². The third-order valence-electron chi connectivity index (χ3n) is 2.64. The van der Waals surface area contributed by atoms with Gasteiger partial charge in [-0.3, -0.25) is 9.67 Å². The van der Waals surface area contributed by atoms with Gasteiger partial charge in [-0.05, 0) is 18.6 Å². The van der Waals surface area contributed by atoms with E-state index in [-0.39, 0.29) is 0 Å². The van der Waals surface area contributed by atoms with Gasteiger partial charge in [0.15, 0.2) is 0 Å². The third-order valence-corrected chi connectivity index (χ3v) is 2.64. The van der Waals surface area contributed by atoms with Gasteiger partial charge in [0.1, 0.15) is 12.2 Å². The summed E-state index contributed by atoms with van der Waals surface area (Å²) >= 11 is 0. The fourth-order valence-corrected chi connectivity index (χ4v) is 1.74. The first-order valence-electron chi connectivity index (χ1n) is 5.75. The zero-order valence-electron chi connectivity index (χ0n) is 10.3. The van der Waals surface area contributed by atoms with Gasteiger partial charge in [0.25, 0.3) is 0 Å². The van der Waals surface area contributed by atoms with Gasteiger partial charge in [-0.2, -0.15) is 10.1 Å². The molecule has 3 heterocycles. The molecule has 7 heteroatoms. The average Bonchev–Trinajstić information content (AvgIpc) is 3.00. The Bertz CT molecular complexity index is 702. The van der Waals surface area contributed by atoms with Crippen molar-refractivity contribution in [2.24, 2.45) is 0 Å². The van der Waals surface area contributed by atoms with Crippen LogP contribution in [0, 0.1) is 6.92 Å². The molecular formula is C12H12N6O. The van der Waals surface area contributed by atoms with Crippen LogP contribution in [0.3, 0.4) is 0 Å². The predicted octanol–water partition coefficient (Wildman–Crippen LogP) is 1.27. The standard InChI is InChI=1S/C12H12N6O/c1-8-3-2-4-14-11(8)12-16-10(19-17-12)7-18-6-9(13)5-15-18/h2-6H,7,13H2,1H3. The van der Waals surface area contributed by atoms with E-state index in [9.17, 15) is 0 Å². The fraction of sp³-hybridized carbons (Fsp3) is 0.167. The molecule has 0 bridgehead atoms. The van der Waals surface area contributed by atoms with Crippen molar-refractivity contribution in [3.63, 3.8) is 0 Å². The number of hydrogen-bond acceptors (Lipinski definition) is 6. The van der Waals surface area contributed by atoms with Crippen molar-refractivity contribution in [2.75, 3.05) is 5.73 Å². The Morgan fingerprint density at radius 3 is 3.05 bits per heavy atom. The summed E-state index contributed by atoms with van der Waals surface area (Å²) < 4.78 is 6.82. The van der Waals surface area contributed by atoms with Crippen LogP contribution in [0.15, 0.2) is 35.2 Å². The van der Waals surface area contributed by atoms with E-state index in [1.807, 2.05) is 19.1 Å². The number of anilines is 1. The molecule has 0 aromatic carbocycles. The Labute approximate surface area is 109 Å². The lowest BCUT2D eigenvalue weighted by Gasteiger charge is -1.97. The quantitative estimate of drug-likeness (QED) is 0.758. The molecule has 0 fully saturated rings. The summed E-state index contributed by atoms with van der Waals surface area (Å²) in [7, 11) is 0. The molecule has 7 nitrogen and oxygen atoms in total. The summed E-state index contributed by atoms with van der Waals surface area (Å²) in [4.78, 5) is 8.55. The lowest BCUT2D eigenvalue weighted by molar-refractivity contribution is 0.366. The zero-order valence-corrected chi connectivity index (χ0v) is 10.3. The van der Waals surface area contributed by atoms with Crippen molar-refractivity contribution in [3.8, 4) is 11.5 Å². The molecule has 0 spiro atoms. The monoisotopic (exact) mass is 256 g/mol. The van der Waals surface area contributed by atoms with Gasteiger partial charge in [-0.15, -0.1) is 0 Å². The molecule has 3 aromatic rings. The normalized spacial score (nSPS) is 10.8. The Hall–Kier alpha value is -2.70. The molecule has 0 unspecified atom stereocenters. The molecule has 0 aliphatic rings. The zero-order chi connectivity index (χ0) is 13.2. The molecule has 0 saturated heterocycles. The first-order chi connectivity index (χ1) is 9.22. The van der Waals surface area contributed by atoms with E-state index in [4.69, 9.17) is 10.3 Å². The topological polar surface area (TPSA) is 95.7 Å². The largest absolute Gasteiger partial charge is 0.396 e. The van der Waals surface area contributed by atoms with Crippen LogP contribution in [0.25, 0.3) is 11.5 Å². The Morgan fingerprint density at radius 1 is 1.42 bits per heavy atom. The Kier molecular flexibility index (Phi) is 2.71. The second-order valence-corrected chi connectivity index (χ2v) is 4.15. The number of nitrogens with zero attached hydrogens (tertiary/aromatic N) is 5. The lowest BCUT2D eigenvalue weighted by atomic mass is 10.2. The molecule has 0 atom stereocenters. The molecule has 3 aromatic heterocycles. The second kappa shape index (κ2) is 4.52. The van der Waals surface area contributed by atoms with E-state index >= 15 is 0 Å². The minimum absolute atomic E-state index is 0.385. The van der Waals surface area contributed by atoms with Crippen molar-refractivity contribution < 1.29 is 4.52 Å². The van der Waals surface area contributed by atoms with Crippen molar-refractivity contribution in [1.82, 2.24) is 24.9 Å². The Morgan fingerprint density at radius 2 is 2.32 bits per heavy atom. The summed E-state index contributed by atoms with van der Waals surface area (Å²) in [6.45, 7) is 2.34. The number of pyridine rings is 1. The van der Waals surface area contributed by atoms with Crippen molar-refractivity contribution in [3.05, 3.63) is 42.2 Å². The van der Waals surface area contributed by atoms with E-state index in [1.54, 1.807) is 23.3 Å². The Balaban J connectivity index is 1.86. The summed E-state index contributed by atoms with van der Waals surface area (Å²) in [5.74, 6) is 0.941. The highest BCUT2D eigenvalue weighted by Gasteiger charge is 2.12. The summed E-state index contributed by atoms with van der Waals surface area (Å²) in [5.41, 5.74) is 7.90. The molecule has 96 valence electrons. The van der Waals surface area contributed by atoms with Crippen LogP contribution in [-0.4, -0.2) is 24.9 Å². The smallest absolute Gasteiger partial charge is 0.248 e. The molecule has 2 N–H and O–H groups in total. The van der Waals surface area contributed by atoms with Gasteiger partial charge in [0, 0.05) is 12.4 Å². The number of nitrogen functional groups attached to an aromatic ring is 1. The maximum Gasteiger partial charge on any atom is 0.248 e. The average molecular weight is 256 g/mol. The van der Waals surface area contributed by atoms with Crippen LogP contribution in [0.5, 0.6) is 0 Å². The van der Waals surface area contributed by atoms with Gasteiger partial charge in [0.05, 0.1) is 11.9 Å². The second-order valence-electron chi connectivity index (χ2n) is 4.15. The summed E-state index contributed by atoms with van der Waals surface area (Å²) in [6.07, 6.45) is 4.97. The maximum absolute atomic E-state index is 5.59. The number of hydrogen-bond donors (Lipinski definition) is 1. The van der Waals surface area contributed by atoms with E-state index in [2.05, 4.69) is 20.2 Å². The first-order valence-corrected chi connectivity index (χ1v) is 5.75. The highest BCUT2D eigenvalue weighted by atomic mass is 16.5. The van der Waals surface area contributed by atoms with Crippen LogP contribution in [-0.2, 0) is 6.54 Å². The van der Waals surface area contributed by atoms with Gasteiger partial charge in [-0.1, -0.05) is 11.2 Å². The van der Waals surface area contributed by atoms with Crippen LogP contribution in [0.1, 0.15) is 11.5 Å². The predicted molar refractivity (Wildman–Crippen MR) is 68.0 cm³/mol. The molecule has 0 radical (unpaired) electrons. The third kappa shape index (κ3) is 2.30. The molecule has 0 aliphatic heterocycles. The number of nitrogens with two attached hydrogens (primary N) is 1. The maximum atomic E-state index is 5.59. The molecule has 0 aliphatic carbocycles. The number of aryl methyl sites for hydroxylation is 1. The molecule has 0 amide bonds. The van der Waals surface area contributed by atoms with Gasteiger partial charge in [0.2, 0.25) is 11.7 Å². The highest BCUT2D eigenvalue weighted by Crippen LogP contribution is 2.17. The molecule has 0 saturated carbocycles. The van der Waals surface area contributed by atoms with Crippen molar-refractivity contribution >= 4 is 5.69 Å². The number of rotatable bonds is 3. The van der Waals surface area contributed by atoms with Crippen LogP contribution >= 0.6 is 0 Å². The number of aromatic nitrogens is 5. The fourth-order valence-electron chi connectivity index (χ4n) is 1.74. The van der Waals surface area contributed by atoms with Gasteiger partial charge >= 0.3 is 0 Å². The van der Waals surface area contributed by atoms with Crippen LogP contribution in [0.2, 0.25) is 0 Å². The minimum Gasteiger partial charge on any atom is -0.396 e. The lowest BCUT2D eigenvalue weighted by Crippen LogP contribution is -2.00. The van der Waals surface area contributed by atoms with E-state index in [0.29, 0.717) is 23.9 Å². The van der Waals surface area contributed by atoms with Gasteiger partial charge < -0.3 is 10.3 Å².